The molecule has 0 aromatic heterocycles. The minimum absolute atomic E-state index is 0.0190. The summed E-state index contributed by atoms with van der Waals surface area (Å²) < 4.78 is 0. The first kappa shape index (κ1) is 24.4. The average Bonchev–Trinajstić information content (AvgIpc) is 2.50. The molecule has 4 unspecified atom stereocenters. The summed E-state index contributed by atoms with van der Waals surface area (Å²) in [4.78, 5) is 22.2. The summed E-state index contributed by atoms with van der Waals surface area (Å²) in [5, 5.41) is 36.2. The number of carbonyl (C=O) groups is 2. The summed E-state index contributed by atoms with van der Waals surface area (Å²) in [5.41, 5.74) is 11.1. The number of amides is 1. The fourth-order valence-electron chi connectivity index (χ4n) is 2.03. The van der Waals surface area contributed by atoms with E-state index in [1.807, 2.05) is 0 Å². The molecule has 0 aliphatic carbocycles. The molecule has 11 nitrogen and oxygen atoms in total. The van der Waals surface area contributed by atoms with Crippen molar-refractivity contribution in [3.05, 3.63) is 0 Å². The molecule has 1 amide bonds. The predicted molar refractivity (Wildman–Crippen MR) is 99.9 cm³/mol. The standard InChI is InChI=1S/C14H30N6O5S/c1-8(22)10(15)6-20(3)19(2)5-9(4-12(16)23)17-14(26)18-11(7-21)13(24)25/h8-11,21-22H,4-7,15H2,1-3H3,(H2,16,23)(H,24,25)(H2,17,18,26). The molecule has 0 rings (SSSR count). The molecule has 0 spiro atoms. The summed E-state index contributed by atoms with van der Waals surface area (Å²) >= 11 is 5.03. The molecule has 12 heteroatoms. The van der Waals surface area contributed by atoms with Gasteiger partial charge in [-0.2, -0.15) is 0 Å². The van der Waals surface area contributed by atoms with Gasteiger partial charge < -0.3 is 37.4 Å². The van der Waals surface area contributed by atoms with Gasteiger partial charge in [-0.1, -0.05) is 0 Å². The number of aliphatic carboxylic acids is 1. The Hall–Kier alpha value is -1.57. The van der Waals surface area contributed by atoms with Gasteiger partial charge in [0.05, 0.1) is 18.8 Å². The van der Waals surface area contributed by atoms with Gasteiger partial charge in [-0.15, -0.1) is 0 Å². The Morgan fingerprint density at radius 1 is 1.19 bits per heavy atom. The Bertz CT molecular complexity index is 481. The van der Waals surface area contributed by atoms with Crippen LogP contribution in [0.15, 0.2) is 0 Å². The van der Waals surface area contributed by atoms with Crippen LogP contribution in [0.2, 0.25) is 0 Å². The third-order valence-corrected chi connectivity index (χ3v) is 3.97. The number of hydrogen-bond acceptors (Lipinski definition) is 8. The third kappa shape index (κ3) is 9.79. The van der Waals surface area contributed by atoms with E-state index < -0.39 is 42.7 Å². The number of nitrogens with zero attached hydrogens (tertiary/aromatic N) is 2. The van der Waals surface area contributed by atoms with Crippen LogP contribution in [0.3, 0.4) is 0 Å². The molecule has 26 heavy (non-hydrogen) atoms. The SMILES string of the molecule is CC(O)C(N)CN(C)N(C)CC(CC(N)=O)NC(=S)NC(CO)C(=O)O. The maximum atomic E-state index is 11.3. The lowest BCUT2D eigenvalue weighted by atomic mass is 10.2. The second kappa shape index (κ2) is 11.9. The van der Waals surface area contributed by atoms with Crippen molar-refractivity contribution in [3.8, 4) is 0 Å². The Morgan fingerprint density at radius 3 is 2.15 bits per heavy atom. The topological polar surface area (TPSA) is 177 Å². The monoisotopic (exact) mass is 394 g/mol. The smallest absolute Gasteiger partial charge is 0.328 e. The van der Waals surface area contributed by atoms with Crippen LogP contribution < -0.4 is 22.1 Å². The summed E-state index contributed by atoms with van der Waals surface area (Å²) in [6.07, 6.45) is -0.715. The Balaban J connectivity index is 4.80. The van der Waals surface area contributed by atoms with Gasteiger partial charge in [0.2, 0.25) is 5.91 Å². The fourth-order valence-corrected chi connectivity index (χ4v) is 2.34. The number of carboxylic acids is 1. The molecule has 9 N–H and O–H groups in total. The second-order valence-electron chi connectivity index (χ2n) is 6.14. The van der Waals surface area contributed by atoms with E-state index in [4.69, 9.17) is 33.9 Å². The average molecular weight is 394 g/mol. The van der Waals surface area contributed by atoms with E-state index in [1.165, 1.54) is 0 Å². The second-order valence-corrected chi connectivity index (χ2v) is 6.55. The number of primary amides is 1. The van der Waals surface area contributed by atoms with Crippen LogP contribution >= 0.6 is 12.2 Å². The van der Waals surface area contributed by atoms with Gasteiger partial charge in [-0.3, -0.25) is 4.79 Å². The molecular formula is C14H30N6O5S. The van der Waals surface area contributed by atoms with E-state index in [0.29, 0.717) is 13.1 Å². The molecule has 0 fully saturated rings. The number of nitrogens with two attached hydrogens (primary N) is 2. The van der Waals surface area contributed by atoms with Crippen molar-refractivity contribution < 1.29 is 24.9 Å². The zero-order valence-electron chi connectivity index (χ0n) is 15.3. The molecule has 152 valence electrons. The van der Waals surface area contributed by atoms with E-state index in [2.05, 4.69) is 10.6 Å². The van der Waals surface area contributed by atoms with Crippen molar-refractivity contribution in [1.82, 2.24) is 20.7 Å². The first-order chi connectivity index (χ1) is 12.0. The van der Waals surface area contributed by atoms with Crippen LogP contribution in [0.4, 0.5) is 0 Å². The molecule has 0 aromatic carbocycles. The summed E-state index contributed by atoms with van der Waals surface area (Å²) in [6, 6.07) is -2.21. The van der Waals surface area contributed by atoms with Gasteiger partial charge in [-0.25, -0.2) is 14.8 Å². The normalized spacial score (nSPS) is 16.0. The van der Waals surface area contributed by atoms with E-state index >= 15 is 0 Å². The lowest BCUT2D eigenvalue weighted by molar-refractivity contribution is -0.140. The van der Waals surface area contributed by atoms with Crippen molar-refractivity contribution >= 4 is 29.2 Å². The highest BCUT2D eigenvalue weighted by Crippen LogP contribution is 2.01. The first-order valence-electron chi connectivity index (χ1n) is 8.02. The number of hydrazine groups is 1. The van der Waals surface area contributed by atoms with Crippen molar-refractivity contribution in [1.29, 1.82) is 0 Å². The molecule has 0 aliphatic heterocycles. The number of hydrogen-bond donors (Lipinski definition) is 7. The van der Waals surface area contributed by atoms with Crippen molar-refractivity contribution in [3.63, 3.8) is 0 Å². The molecule has 0 aromatic rings. The third-order valence-electron chi connectivity index (χ3n) is 3.73. The predicted octanol–water partition coefficient (Wildman–Crippen LogP) is -3.37. The van der Waals surface area contributed by atoms with Crippen LogP contribution in [-0.2, 0) is 9.59 Å². The van der Waals surface area contributed by atoms with Crippen molar-refractivity contribution in [2.75, 3.05) is 33.8 Å². The number of aliphatic hydroxyl groups excluding tert-OH is 2. The molecule has 0 heterocycles. The van der Waals surface area contributed by atoms with Gasteiger partial charge in [0.1, 0.15) is 6.04 Å². The zero-order chi connectivity index (χ0) is 20.4. The van der Waals surface area contributed by atoms with E-state index in [9.17, 15) is 14.7 Å². The van der Waals surface area contributed by atoms with Crippen molar-refractivity contribution in [2.45, 2.75) is 37.6 Å². The Kier molecular flexibility index (Phi) is 11.2. The van der Waals surface area contributed by atoms with Crippen LogP contribution in [-0.4, -0.2) is 100 Å². The van der Waals surface area contributed by atoms with Crippen LogP contribution in [0.25, 0.3) is 0 Å². The van der Waals surface area contributed by atoms with Gasteiger partial charge in [0.25, 0.3) is 0 Å². The number of thiocarbonyl (C=S) groups is 1. The molecular weight excluding hydrogens is 364 g/mol. The summed E-state index contributed by atoms with van der Waals surface area (Å²) in [7, 11) is 3.53. The molecule has 0 aliphatic rings. The number of carboxylic acid groups (broad SMARTS) is 1. The maximum Gasteiger partial charge on any atom is 0.328 e. The zero-order valence-corrected chi connectivity index (χ0v) is 16.1. The van der Waals surface area contributed by atoms with Gasteiger partial charge in [-0.05, 0) is 19.1 Å². The molecule has 0 radical (unpaired) electrons. The Labute approximate surface area is 158 Å². The van der Waals surface area contributed by atoms with Crippen molar-refractivity contribution in [2.24, 2.45) is 11.5 Å². The van der Waals surface area contributed by atoms with E-state index in [-0.39, 0.29) is 11.5 Å². The van der Waals surface area contributed by atoms with E-state index in [0.717, 1.165) is 0 Å². The lowest BCUT2D eigenvalue weighted by Gasteiger charge is -2.34. The van der Waals surface area contributed by atoms with Crippen LogP contribution in [0, 0.1) is 0 Å². The van der Waals surface area contributed by atoms with E-state index in [1.54, 1.807) is 31.0 Å². The van der Waals surface area contributed by atoms with Crippen LogP contribution in [0.5, 0.6) is 0 Å². The van der Waals surface area contributed by atoms with Gasteiger partial charge in [0.15, 0.2) is 5.11 Å². The number of carbonyl (C=O) groups excluding carboxylic acids is 1. The Morgan fingerprint density at radius 2 is 1.73 bits per heavy atom. The minimum Gasteiger partial charge on any atom is -0.480 e. The summed E-state index contributed by atoms with van der Waals surface area (Å²) in [5.74, 6) is -1.81. The quantitative estimate of drug-likeness (QED) is 0.130. The number of rotatable bonds is 12. The highest BCUT2D eigenvalue weighted by atomic mass is 32.1. The highest BCUT2D eigenvalue weighted by Gasteiger charge is 2.22. The number of nitrogens with one attached hydrogen (secondary N) is 2. The van der Waals surface area contributed by atoms with Crippen LogP contribution in [0.1, 0.15) is 13.3 Å². The lowest BCUT2D eigenvalue weighted by Crippen LogP contribution is -2.55. The number of likely N-dealkylation sites (N-methyl/N-ethyl adjacent to an activating group) is 2. The highest BCUT2D eigenvalue weighted by molar-refractivity contribution is 7.80. The van der Waals surface area contributed by atoms with Gasteiger partial charge >= 0.3 is 5.97 Å². The largest absolute Gasteiger partial charge is 0.480 e. The maximum absolute atomic E-state index is 11.3. The molecule has 0 bridgehead atoms. The number of aliphatic hydroxyl groups is 2. The first-order valence-corrected chi connectivity index (χ1v) is 8.43. The fraction of sp³-hybridized carbons (Fsp3) is 0.786. The minimum atomic E-state index is -1.26. The molecule has 4 atom stereocenters. The summed E-state index contributed by atoms with van der Waals surface area (Å²) in [6.45, 7) is 1.65. The molecule has 0 saturated carbocycles. The van der Waals surface area contributed by atoms with Gasteiger partial charge in [0, 0.05) is 39.6 Å². The molecule has 0 saturated heterocycles.